The van der Waals surface area contributed by atoms with Gasteiger partial charge in [-0.25, -0.2) is 4.98 Å². The van der Waals surface area contributed by atoms with Gasteiger partial charge in [0.15, 0.2) is 0 Å². The van der Waals surface area contributed by atoms with Crippen molar-refractivity contribution in [2.45, 2.75) is 6.92 Å². The third kappa shape index (κ3) is 4.46. The third-order valence-electron chi connectivity index (χ3n) is 4.24. The van der Waals surface area contributed by atoms with Gasteiger partial charge in [-0.3, -0.25) is 19.0 Å². The summed E-state index contributed by atoms with van der Waals surface area (Å²) in [4.78, 5) is 40.9. The first kappa shape index (κ1) is 21.8. The largest absolute Gasteiger partial charge is 0.383 e. The Labute approximate surface area is 182 Å². The van der Waals surface area contributed by atoms with Crippen LogP contribution in [0.3, 0.4) is 0 Å². The fourth-order valence-electron chi connectivity index (χ4n) is 2.91. The second kappa shape index (κ2) is 9.25. The number of pyridine rings is 1. The van der Waals surface area contributed by atoms with Crippen LogP contribution in [0, 0.1) is 0 Å². The second-order valence-corrected chi connectivity index (χ2v) is 7.14. The van der Waals surface area contributed by atoms with E-state index in [9.17, 15) is 14.4 Å². The summed E-state index contributed by atoms with van der Waals surface area (Å²) in [5, 5.41) is 5.96. The lowest BCUT2D eigenvalue weighted by atomic mass is 10.1. The van der Waals surface area contributed by atoms with Crippen molar-refractivity contribution in [3.05, 3.63) is 57.8 Å². The van der Waals surface area contributed by atoms with Crippen LogP contribution >= 0.6 is 23.2 Å². The number of benzene rings is 1. The molecule has 3 rings (SSSR count). The smallest absolute Gasteiger partial charge is 0.265 e. The first-order valence-corrected chi connectivity index (χ1v) is 9.63. The summed E-state index contributed by atoms with van der Waals surface area (Å²) in [5.74, 6) is -0.801. The Morgan fingerprint density at radius 3 is 2.50 bits per heavy atom. The van der Waals surface area contributed by atoms with E-state index in [1.807, 2.05) is 0 Å². The van der Waals surface area contributed by atoms with E-state index < -0.39 is 5.91 Å². The summed E-state index contributed by atoms with van der Waals surface area (Å²) in [5.41, 5.74) is 0.807. The zero-order valence-corrected chi connectivity index (χ0v) is 17.7. The van der Waals surface area contributed by atoms with E-state index in [4.69, 9.17) is 27.9 Å². The van der Waals surface area contributed by atoms with Crippen molar-refractivity contribution in [3.8, 4) is 0 Å². The highest BCUT2D eigenvalue weighted by Crippen LogP contribution is 2.30. The van der Waals surface area contributed by atoms with E-state index in [1.54, 1.807) is 12.1 Å². The first-order chi connectivity index (χ1) is 14.3. The summed E-state index contributed by atoms with van der Waals surface area (Å²) < 4.78 is 6.25. The van der Waals surface area contributed by atoms with E-state index >= 15 is 0 Å². The molecule has 0 aliphatic heterocycles. The monoisotopic (exact) mass is 448 g/mol. The minimum absolute atomic E-state index is 0.0439. The van der Waals surface area contributed by atoms with Crippen LogP contribution in [0.1, 0.15) is 27.6 Å². The molecule has 1 aromatic carbocycles. The van der Waals surface area contributed by atoms with Crippen LogP contribution in [0.4, 0.5) is 5.82 Å². The van der Waals surface area contributed by atoms with Gasteiger partial charge < -0.3 is 15.4 Å². The Kier molecular flexibility index (Phi) is 6.71. The zero-order valence-electron chi connectivity index (χ0n) is 16.2. The van der Waals surface area contributed by atoms with Crippen LogP contribution in [-0.2, 0) is 9.53 Å². The minimum Gasteiger partial charge on any atom is -0.383 e. The maximum Gasteiger partial charge on any atom is 0.265 e. The van der Waals surface area contributed by atoms with Gasteiger partial charge in [0.25, 0.3) is 11.8 Å². The molecule has 0 spiro atoms. The maximum absolute atomic E-state index is 13.2. The molecule has 0 atom stereocenters. The Hall–Kier alpha value is -2.94. The van der Waals surface area contributed by atoms with E-state index in [1.165, 1.54) is 43.1 Å². The SMILES string of the molecule is COCCNC(=O)c1cc(Cl)c(C(=O)n2ccc3c(NC(C)=O)nccc32)c(Cl)c1. The number of nitrogens with one attached hydrogen (secondary N) is 2. The number of carbonyl (C=O) groups is 3. The quantitative estimate of drug-likeness (QED) is 0.562. The van der Waals surface area contributed by atoms with Crippen molar-refractivity contribution in [1.29, 1.82) is 0 Å². The number of fused-ring (bicyclic) bond motifs is 1. The average molecular weight is 449 g/mol. The van der Waals surface area contributed by atoms with Gasteiger partial charge in [0.05, 0.1) is 27.7 Å². The Bertz CT molecular complexity index is 1120. The van der Waals surface area contributed by atoms with Crippen molar-refractivity contribution < 1.29 is 19.1 Å². The van der Waals surface area contributed by atoms with Crippen molar-refractivity contribution >= 4 is 57.6 Å². The average Bonchev–Trinajstić information content (AvgIpc) is 3.12. The molecule has 30 heavy (non-hydrogen) atoms. The lowest BCUT2D eigenvalue weighted by molar-refractivity contribution is -0.114. The highest BCUT2D eigenvalue weighted by molar-refractivity contribution is 6.40. The van der Waals surface area contributed by atoms with Crippen LogP contribution in [0.25, 0.3) is 10.9 Å². The van der Waals surface area contributed by atoms with Crippen LogP contribution < -0.4 is 10.6 Å². The van der Waals surface area contributed by atoms with Crippen LogP contribution in [-0.4, -0.2) is 47.5 Å². The molecule has 2 heterocycles. The maximum atomic E-state index is 13.2. The molecule has 2 N–H and O–H groups in total. The highest BCUT2D eigenvalue weighted by Gasteiger charge is 2.21. The van der Waals surface area contributed by atoms with Crippen LogP contribution in [0.15, 0.2) is 36.7 Å². The number of methoxy groups -OCH3 is 1. The van der Waals surface area contributed by atoms with E-state index in [2.05, 4.69) is 15.6 Å². The summed E-state index contributed by atoms with van der Waals surface area (Å²) in [6.45, 7) is 2.06. The molecule has 0 unspecified atom stereocenters. The summed E-state index contributed by atoms with van der Waals surface area (Å²) in [6.07, 6.45) is 3.02. The van der Waals surface area contributed by atoms with Crippen molar-refractivity contribution in [1.82, 2.24) is 14.9 Å². The molecular formula is C20H18Cl2N4O4. The summed E-state index contributed by atoms with van der Waals surface area (Å²) in [7, 11) is 1.53. The predicted molar refractivity (Wildman–Crippen MR) is 114 cm³/mol. The Morgan fingerprint density at radius 1 is 1.17 bits per heavy atom. The zero-order chi connectivity index (χ0) is 21.8. The summed E-state index contributed by atoms with van der Waals surface area (Å²) in [6, 6.07) is 6.07. The van der Waals surface area contributed by atoms with Gasteiger partial charge in [-0.05, 0) is 24.3 Å². The molecule has 2 aromatic heterocycles. The standard InChI is InChI=1S/C20H18Cl2N4O4/c1-11(27)25-18-13-4-7-26(16(13)3-5-23-18)20(29)17-14(21)9-12(10-15(17)22)19(28)24-6-8-30-2/h3-5,7,9-10H,6,8H2,1-2H3,(H,24,28)(H,23,25,27). The lowest BCUT2D eigenvalue weighted by Crippen LogP contribution is -2.27. The van der Waals surface area contributed by atoms with Gasteiger partial charge in [0.1, 0.15) is 5.82 Å². The molecule has 8 nitrogen and oxygen atoms in total. The van der Waals surface area contributed by atoms with E-state index in [0.717, 1.165) is 0 Å². The fourth-order valence-corrected chi connectivity index (χ4v) is 3.56. The van der Waals surface area contributed by atoms with Crippen LogP contribution in [0.2, 0.25) is 10.0 Å². The number of carbonyl (C=O) groups excluding carboxylic acids is 3. The first-order valence-electron chi connectivity index (χ1n) is 8.88. The number of ether oxygens (including phenoxy) is 1. The predicted octanol–water partition coefficient (Wildman–Crippen LogP) is 3.37. The molecule has 0 aliphatic rings. The Morgan fingerprint density at radius 2 is 1.87 bits per heavy atom. The normalized spacial score (nSPS) is 10.8. The number of hydrogen-bond acceptors (Lipinski definition) is 5. The molecule has 0 radical (unpaired) electrons. The van der Waals surface area contributed by atoms with Crippen LogP contribution in [0.5, 0.6) is 0 Å². The fraction of sp³-hybridized carbons (Fsp3) is 0.200. The number of hydrogen-bond donors (Lipinski definition) is 2. The number of halogens is 2. The van der Waals surface area contributed by atoms with Gasteiger partial charge in [-0.15, -0.1) is 0 Å². The molecule has 0 fully saturated rings. The van der Waals surface area contributed by atoms with Gasteiger partial charge in [-0.1, -0.05) is 23.2 Å². The van der Waals surface area contributed by atoms with Gasteiger partial charge in [0, 0.05) is 43.9 Å². The lowest BCUT2D eigenvalue weighted by Gasteiger charge is -2.11. The number of anilines is 1. The van der Waals surface area contributed by atoms with E-state index in [-0.39, 0.29) is 33.0 Å². The Balaban J connectivity index is 1.96. The van der Waals surface area contributed by atoms with E-state index in [0.29, 0.717) is 29.9 Å². The molecule has 156 valence electrons. The third-order valence-corrected chi connectivity index (χ3v) is 4.84. The van der Waals surface area contributed by atoms with Gasteiger partial charge in [-0.2, -0.15) is 0 Å². The second-order valence-electron chi connectivity index (χ2n) is 6.33. The molecule has 0 bridgehead atoms. The molecule has 0 aliphatic carbocycles. The minimum atomic E-state index is -0.480. The van der Waals surface area contributed by atoms with Gasteiger partial charge in [0.2, 0.25) is 5.91 Å². The molecule has 2 amide bonds. The molecule has 0 saturated heterocycles. The highest BCUT2D eigenvalue weighted by atomic mass is 35.5. The number of amides is 2. The molecule has 10 heteroatoms. The molecule has 3 aromatic rings. The van der Waals surface area contributed by atoms with Crippen molar-refractivity contribution in [2.75, 3.05) is 25.6 Å². The van der Waals surface area contributed by atoms with Gasteiger partial charge >= 0.3 is 0 Å². The summed E-state index contributed by atoms with van der Waals surface area (Å²) >= 11 is 12.6. The van der Waals surface area contributed by atoms with Crippen molar-refractivity contribution in [2.24, 2.45) is 0 Å². The number of nitrogens with zero attached hydrogens (tertiary/aromatic N) is 2. The number of aromatic nitrogens is 2. The molecule has 0 saturated carbocycles. The topological polar surface area (TPSA) is 102 Å². The number of rotatable bonds is 6. The van der Waals surface area contributed by atoms with Crippen molar-refractivity contribution in [3.63, 3.8) is 0 Å². The molecular weight excluding hydrogens is 431 g/mol.